The standard InChI is InChI=1S/C23H17FN2O4/c1-2-29-23(28)16-9-7-15(8-10-16)21-12-11-18(30-21)13-17(14-25)22(27)26-20-6-4-3-5-19(20)24/h3-13H,2H2,1H3,(H,26,27)/b17-13+. The average Bonchev–Trinajstić information content (AvgIpc) is 3.22. The number of rotatable bonds is 6. The Morgan fingerprint density at radius 2 is 1.87 bits per heavy atom. The molecule has 0 aliphatic carbocycles. The van der Waals surface area contributed by atoms with E-state index in [1.807, 2.05) is 0 Å². The first-order chi connectivity index (χ1) is 14.5. The minimum Gasteiger partial charge on any atom is -0.462 e. The van der Waals surface area contributed by atoms with E-state index in [0.717, 1.165) is 0 Å². The molecular formula is C23H17FN2O4. The summed E-state index contributed by atoms with van der Waals surface area (Å²) < 4.78 is 24.3. The molecule has 0 atom stereocenters. The Labute approximate surface area is 172 Å². The van der Waals surface area contributed by atoms with Crippen LogP contribution in [-0.2, 0) is 9.53 Å². The number of hydrogen-bond acceptors (Lipinski definition) is 5. The summed E-state index contributed by atoms with van der Waals surface area (Å²) in [6.45, 7) is 2.02. The number of esters is 1. The molecule has 0 aliphatic heterocycles. The Hall–Kier alpha value is -4.18. The number of halogens is 1. The van der Waals surface area contributed by atoms with Crippen LogP contribution in [0.5, 0.6) is 0 Å². The Balaban J connectivity index is 1.76. The van der Waals surface area contributed by atoms with Crippen molar-refractivity contribution >= 4 is 23.6 Å². The fourth-order valence-electron chi connectivity index (χ4n) is 2.61. The third-order valence-electron chi connectivity index (χ3n) is 4.08. The normalized spacial score (nSPS) is 10.9. The Bertz CT molecular complexity index is 1140. The number of nitrogens with zero attached hydrogens (tertiary/aromatic N) is 1. The lowest BCUT2D eigenvalue weighted by molar-refractivity contribution is -0.112. The molecule has 0 radical (unpaired) electrons. The van der Waals surface area contributed by atoms with Crippen LogP contribution in [0.3, 0.4) is 0 Å². The van der Waals surface area contributed by atoms with Crippen LogP contribution in [0.4, 0.5) is 10.1 Å². The van der Waals surface area contributed by atoms with Crippen molar-refractivity contribution in [1.82, 2.24) is 0 Å². The number of nitrogens with one attached hydrogen (secondary N) is 1. The van der Waals surface area contributed by atoms with Crippen LogP contribution in [0.25, 0.3) is 17.4 Å². The summed E-state index contributed by atoms with van der Waals surface area (Å²) in [5, 5.41) is 11.7. The van der Waals surface area contributed by atoms with Crippen LogP contribution in [0, 0.1) is 17.1 Å². The van der Waals surface area contributed by atoms with E-state index in [1.54, 1.807) is 55.5 Å². The van der Waals surface area contributed by atoms with Crippen LogP contribution in [-0.4, -0.2) is 18.5 Å². The summed E-state index contributed by atoms with van der Waals surface area (Å²) >= 11 is 0. The third kappa shape index (κ3) is 4.80. The molecule has 1 N–H and O–H groups in total. The predicted molar refractivity (Wildman–Crippen MR) is 109 cm³/mol. The van der Waals surface area contributed by atoms with Gasteiger partial charge in [0.15, 0.2) is 0 Å². The maximum atomic E-state index is 13.7. The van der Waals surface area contributed by atoms with E-state index < -0.39 is 17.7 Å². The minimum absolute atomic E-state index is 0.0227. The number of amides is 1. The fraction of sp³-hybridized carbons (Fsp3) is 0.0870. The molecule has 0 aliphatic rings. The van der Waals surface area contributed by atoms with Gasteiger partial charge in [0, 0.05) is 11.6 Å². The van der Waals surface area contributed by atoms with Crippen LogP contribution in [0.1, 0.15) is 23.0 Å². The molecule has 7 heteroatoms. The second-order valence-corrected chi connectivity index (χ2v) is 6.10. The molecule has 3 aromatic rings. The van der Waals surface area contributed by atoms with Crippen molar-refractivity contribution in [3.8, 4) is 17.4 Å². The topological polar surface area (TPSA) is 92.3 Å². The van der Waals surface area contributed by atoms with Crippen LogP contribution < -0.4 is 5.32 Å². The van der Waals surface area contributed by atoms with Gasteiger partial charge in [-0.1, -0.05) is 24.3 Å². The van der Waals surface area contributed by atoms with E-state index in [4.69, 9.17) is 9.15 Å². The third-order valence-corrected chi connectivity index (χ3v) is 4.08. The summed E-state index contributed by atoms with van der Waals surface area (Å²) in [7, 11) is 0. The average molecular weight is 404 g/mol. The molecule has 0 bridgehead atoms. The van der Waals surface area contributed by atoms with Gasteiger partial charge in [-0.3, -0.25) is 4.79 Å². The Morgan fingerprint density at radius 1 is 1.13 bits per heavy atom. The van der Waals surface area contributed by atoms with E-state index in [9.17, 15) is 19.2 Å². The lowest BCUT2D eigenvalue weighted by Gasteiger charge is -2.04. The predicted octanol–water partition coefficient (Wildman–Crippen LogP) is 4.81. The monoisotopic (exact) mass is 404 g/mol. The van der Waals surface area contributed by atoms with Crippen molar-refractivity contribution in [1.29, 1.82) is 5.26 Å². The number of furan rings is 1. The molecule has 0 unspecified atom stereocenters. The molecule has 1 amide bonds. The first kappa shape index (κ1) is 20.6. The smallest absolute Gasteiger partial charge is 0.338 e. The molecule has 150 valence electrons. The first-order valence-corrected chi connectivity index (χ1v) is 9.07. The number of hydrogen-bond donors (Lipinski definition) is 1. The molecule has 1 heterocycles. The molecular weight excluding hydrogens is 387 g/mol. The quantitative estimate of drug-likeness (QED) is 0.362. The zero-order chi connectivity index (χ0) is 21.5. The molecule has 0 saturated carbocycles. The zero-order valence-electron chi connectivity index (χ0n) is 16.0. The number of anilines is 1. The van der Waals surface area contributed by atoms with E-state index >= 15 is 0 Å². The second-order valence-electron chi connectivity index (χ2n) is 6.10. The van der Waals surface area contributed by atoms with Gasteiger partial charge in [0.25, 0.3) is 5.91 Å². The molecule has 30 heavy (non-hydrogen) atoms. The van der Waals surface area contributed by atoms with Gasteiger partial charge < -0.3 is 14.5 Å². The lowest BCUT2D eigenvalue weighted by atomic mass is 10.1. The molecule has 0 saturated heterocycles. The van der Waals surface area contributed by atoms with E-state index in [2.05, 4.69) is 5.32 Å². The van der Waals surface area contributed by atoms with Gasteiger partial charge >= 0.3 is 5.97 Å². The SMILES string of the molecule is CCOC(=O)c1ccc(-c2ccc(/C=C(\C#N)C(=O)Nc3ccccc3F)o2)cc1. The lowest BCUT2D eigenvalue weighted by Crippen LogP contribution is -2.14. The zero-order valence-corrected chi connectivity index (χ0v) is 16.0. The van der Waals surface area contributed by atoms with E-state index in [-0.39, 0.29) is 17.0 Å². The summed E-state index contributed by atoms with van der Waals surface area (Å²) in [6.07, 6.45) is 1.27. The van der Waals surface area contributed by atoms with E-state index in [1.165, 1.54) is 24.3 Å². The summed E-state index contributed by atoms with van der Waals surface area (Å²) in [5.74, 6) is -0.996. The molecule has 2 aromatic carbocycles. The number of ether oxygens (including phenoxy) is 1. The second kappa shape index (κ2) is 9.34. The maximum Gasteiger partial charge on any atom is 0.338 e. The van der Waals surface area contributed by atoms with Crippen molar-refractivity contribution < 1.29 is 23.1 Å². The summed E-state index contributed by atoms with van der Waals surface area (Å²) in [5.41, 5.74) is 0.864. The Morgan fingerprint density at radius 3 is 2.53 bits per heavy atom. The minimum atomic E-state index is -0.751. The van der Waals surface area contributed by atoms with Gasteiger partial charge in [-0.2, -0.15) is 5.26 Å². The first-order valence-electron chi connectivity index (χ1n) is 9.07. The van der Waals surface area contributed by atoms with E-state index in [0.29, 0.717) is 23.5 Å². The number of benzene rings is 2. The largest absolute Gasteiger partial charge is 0.462 e. The highest BCUT2D eigenvalue weighted by Gasteiger charge is 2.13. The van der Waals surface area contributed by atoms with Gasteiger partial charge in [-0.05, 0) is 43.3 Å². The molecule has 1 aromatic heterocycles. The highest BCUT2D eigenvalue weighted by Crippen LogP contribution is 2.24. The fourth-order valence-corrected chi connectivity index (χ4v) is 2.61. The highest BCUT2D eigenvalue weighted by atomic mass is 19.1. The number of nitriles is 1. The van der Waals surface area contributed by atoms with Gasteiger partial charge in [0.2, 0.25) is 0 Å². The maximum absolute atomic E-state index is 13.7. The van der Waals surface area contributed by atoms with Gasteiger partial charge in [0.05, 0.1) is 17.9 Å². The van der Waals surface area contributed by atoms with Crippen LogP contribution in [0.15, 0.2) is 70.7 Å². The van der Waals surface area contributed by atoms with Crippen molar-refractivity contribution in [2.24, 2.45) is 0 Å². The van der Waals surface area contributed by atoms with Gasteiger partial charge in [-0.25, -0.2) is 9.18 Å². The molecule has 0 spiro atoms. The van der Waals surface area contributed by atoms with Crippen LogP contribution in [0.2, 0.25) is 0 Å². The molecule has 3 rings (SSSR count). The van der Waals surface area contributed by atoms with Crippen molar-refractivity contribution in [3.63, 3.8) is 0 Å². The number of carbonyl (C=O) groups excluding carboxylic acids is 2. The Kier molecular flexibility index (Phi) is 6.40. The van der Waals surface area contributed by atoms with Gasteiger partial charge in [0.1, 0.15) is 29.0 Å². The highest BCUT2D eigenvalue weighted by molar-refractivity contribution is 6.09. The van der Waals surface area contributed by atoms with Crippen LogP contribution >= 0.6 is 0 Å². The van der Waals surface area contributed by atoms with Gasteiger partial charge in [-0.15, -0.1) is 0 Å². The van der Waals surface area contributed by atoms with Crippen molar-refractivity contribution in [2.45, 2.75) is 6.92 Å². The van der Waals surface area contributed by atoms with Crippen molar-refractivity contribution in [3.05, 3.63) is 83.4 Å². The molecule has 0 fully saturated rings. The number of carbonyl (C=O) groups is 2. The van der Waals surface area contributed by atoms with Crippen molar-refractivity contribution in [2.75, 3.05) is 11.9 Å². The molecule has 6 nitrogen and oxygen atoms in total. The summed E-state index contributed by atoms with van der Waals surface area (Å²) in [6, 6.07) is 17.4. The number of para-hydroxylation sites is 1. The summed E-state index contributed by atoms with van der Waals surface area (Å²) in [4.78, 5) is 24.0.